The SMILES string of the molecule is CC1=CC(O)CC(F)Cc2cnc(o2)C(=O)N2CCCC2C(=O)OC(C(C)C)C(C)/C=C/C(=O)NCC=C1. The maximum atomic E-state index is 14.6. The lowest BCUT2D eigenvalue weighted by Gasteiger charge is -2.29. The number of aromatic nitrogens is 1. The second-order valence-corrected chi connectivity index (χ2v) is 10.3. The Hall–Kier alpha value is -3.27. The van der Waals surface area contributed by atoms with Gasteiger partial charge in [0.25, 0.3) is 5.89 Å². The van der Waals surface area contributed by atoms with Crippen molar-refractivity contribution in [1.82, 2.24) is 15.2 Å². The molecule has 1 aromatic heterocycles. The number of hydrogen-bond acceptors (Lipinski definition) is 7. The maximum absolute atomic E-state index is 14.6. The van der Waals surface area contributed by atoms with Crippen molar-refractivity contribution in [3.8, 4) is 0 Å². The maximum Gasteiger partial charge on any atom is 0.329 e. The first-order valence-electron chi connectivity index (χ1n) is 13.1. The average Bonchev–Trinajstić information content (AvgIpc) is 3.52. The van der Waals surface area contributed by atoms with E-state index >= 15 is 0 Å². The van der Waals surface area contributed by atoms with Crippen LogP contribution in [0.2, 0.25) is 0 Å². The number of nitrogens with one attached hydrogen (secondary N) is 1. The van der Waals surface area contributed by atoms with E-state index in [-0.39, 0.29) is 48.8 Å². The van der Waals surface area contributed by atoms with Crippen molar-refractivity contribution >= 4 is 17.8 Å². The molecule has 3 heterocycles. The molecule has 9 nitrogen and oxygen atoms in total. The number of oxazole rings is 1. The number of halogens is 1. The summed E-state index contributed by atoms with van der Waals surface area (Å²) in [7, 11) is 0. The molecule has 2 aliphatic rings. The van der Waals surface area contributed by atoms with Crippen LogP contribution in [0, 0.1) is 11.8 Å². The van der Waals surface area contributed by atoms with Crippen LogP contribution in [0.3, 0.4) is 0 Å². The zero-order valence-electron chi connectivity index (χ0n) is 22.4. The largest absolute Gasteiger partial charge is 0.460 e. The van der Waals surface area contributed by atoms with Crippen LogP contribution >= 0.6 is 0 Å². The first kappa shape index (κ1) is 29.3. The lowest BCUT2D eigenvalue weighted by Crippen LogP contribution is -2.44. The van der Waals surface area contributed by atoms with E-state index in [1.54, 1.807) is 25.2 Å². The molecule has 2 N–H and O–H groups in total. The molecule has 0 aliphatic carbocycles. The third-order valence-electron chi connectivity index (χ3n) is 6.65. The molecule has 0 aromatic carbocycles. The number of rotatable bonds is 1. The fraction of sp³-hybridized carbons (Fsp3) is 0.571. The molecule has 0 saturated carbocycles. The number of amides is 2. The third-order valence-corrected chi connectivity index (χ3v) is 6.65. The summed E-state index contributed by atoms with van der Waals surface area (Å²) >= 11 is 0. The van der Waals surface area contributed by atoms with E-state index in [1.807, 2.05) is 20.8 Å². The van der Waals surface area contributed by atoms with Crippen molar-refractivity contribution in [2.75, 3.05) is 13.1 Å². The Morgan fingerprint density at radius 1 is 1.24 bits per heavy atom. The first-order valence-corrected chi connectivity index (χ1v) is 13.1. The summed E-state index contributed by atoms with van der Waals surface area (Å²) in [6, 6.07) is -0.786. The topological polar surface area (TPSA) is 122 Å². The van der Waals surface area contributed by atoms with Crippen molar-refractivity contribution in [3.63, 3.8) is 0 Å². The highest BCUT2D eigenvalue weighted by molar-refractivity contribution is 5.93. The smallest absolute Gasteiger partial charge is 0.329 e. The van der Waals surface area contributed by atoms with Gasteiger partial charge in [-0.2, -0.15) is 0 Å². The van der Waals surface area contributed by atoms with Crippen molar-refractivity contribution in [3.05, 3.63) is 53.8 Å². The number of allylic oxidation sites excluding steroid dienone is 2. The standard InChI is InChI=1S/C28H38FN3O6/c1-17(2)25-19(4)9-10-24(34)30-11-5-7-18(3)13-21(33)14-20(29)15-22-16-31-26(37-22)27(35)32-12-6-8-23(32)28(36)38-25/h5,7,9-10,13,16-17,19-21,23,25,33H,6,8,11-12,14-15H2,1-4H3,(H,30,34)/b7-5?,10-9+,18-13?. The fourth-order valence-electron chi connectivity index (χ4n) is 4.74. The minimum atomic E-state index is -1.42. The van der Waals surface area contributed by atoms with Crippen molar-refractivity contribution in [1.29, 1.82) is 0 Å². The molecule has 3 rings (SSSR count). The quantitative estimate of drug-likeness (QED) is 0.533. The summed E-state index contributed by atoms with van der Waals surface area (Å²) < 4.78 is 26.0. The minimum absolute atomic E-state index is 0.0299. The normalized spacial score (nSPS) is 29.4. The predicted molar refractivity (Wildman–Crippen MR) is 139 cm³/mol. The summed E-state index contributed by atoms with van der Waals surface area (Å²) in [5.41, 5.74) is 0.718. The lowest BCUT2D eigenvalue weighted by molar-refractivity contribution is -0.158. The Morgan fingerprint density at radius 3 is 2.74 bits per heavy atom. The Balaban J connectivity index is 1.85. The number of nitrogens with zero attached hydrogens (tertiary/aromatic N) is 2. The minimum Gasteiger partial charge on any atom is -0.460 e. The van der Waals surface area contributed by atoms with Gasteiger partial charge in [-0.15, -0.1) is 0 Å². The highest BCUT2D eigenvalue weighted by atomic mass is 19.1. The summed E-state index contributed by atoms with van der Waals surface area (Å²) in [4.78, 5) is 43.9. The molecule has 1 aromatic rings. The zero-order valence-corrected chi connectivity index (χ0v) is 22.4. The number of carbonyl (C=O) groups is 3. The van der Waals surface area contributed by atoms with Gasteiger partial charge in [-0.25, -0.2) is 14.2 Å². The number of aliphatic hydroxyl groups is 1. The predicted octanol–water partition coefficient (Wildman–Crippen LogP) is 3.30. The van der Waals surface area contributed by atoms with E-state index in [0.29, 0.717) is 19.4 Å². The second kappa shape index (κ2) is 13.5. The number of alkyl halides is 1. The monoisotopic (exact) mass is 531 g/mol. The van der Waals surface area contributed by atoms with E-state index in [2.05, 4.69) is 10.3 Å². The van der Waals surface area contributed by atoms with Gasteiger partial charge in [0.05, 0.1) is 12.3 Å². The fourth-order valence-corrected chi connectivity index (χ4v) is 4.74. The number of cyclic esters (lactones) is 1. The number of ether oxygens (including phenoxy) is 1. The Kier molecular flexibility index (Phi) is 10.4. The number of fused-ring (bicyclic) bond motifs is 3. The van der Waals surface area contributed by atoms with Gasteiger partial charge in [0.2, 0.25) is 5.91 Å². The number of esters is 1. The molecule has 5 atom stereocenters. The highest BCUT2D eigenvalue weighted by Crippen LogP contribution is 2.25. The zero-order chi connectivity index (χ0) is 27.8. The molecule has 1 saturated heterocycles. The van der Waals surface area contributed by atoms with Gasteiger partial charge < -0.3 is 24.5 Å². The van der Waals surface area contributed by atoms with E-state index < -0.39 is 36.3 Å². The molecule has 208 valence electrons. The van der Waals surface area contributed by atoms with Crippen LogP contribution in [0.4, 0.5) is 4.39 Å². The van der Waals surface area contributed by atoms with Crippen LogP contribution in [-0.4, -0.2) is 70.3 Å². The van der Waals surface area contributed by atoms with Crippen LogP contribution in [0.15, 0.2) is 46.6 Å². The molecule has 10 heteroatoms. The molecular weight excluding hydrogens is 493 g/mol. The van der Waals surface area contributed by atoms with Crippen LogP contribution < -0.4 is 5.32 Å². The summed E-state index contributed by atoms with van der Waals surface area (Å²) in [5.74, 6) is -1.68. The van der Waals surface area contributed by atoms with Crippen LogP contribution in [0.25, 0.3) is 0 Å². The second-order valence-electron chi connectivity index (χ2n) is 10.3. The van der Waals surface area contributed by atoms with Gasteiger partial charge in [0.1, 0.15) is 24.1 Å². The van der Waals surface area contributed by atoms with Crippen LogP contribution in [0.1, 0.15) is 63.4 Å². The molecule has 0 spiro atoms. The molecule has 38 heavy (non-hydrogen) atoms. The van der Waals surface area contributed by atoms with E-state index in [9.17, 15) is 23.9 Å². The third kappa shape index (κ3) is 8.11. The highest BCUT2D eigenvalue weighted by Gasteiger charge is 2.39. The van der Waals surface area contributed by atoms with E-state index in [4.69, 9.17) is 9.15 Å². The number of hydrogen-bond donors (Lipinski definition) is 2. The summed E-state index contributed by atoms with van der Waals surface area (Å²) in [6.45, 7) is 8.10. The van der Waals surface area contributed by atoms with Crippen molar-refractivity contribution in [2.45, 2.75) is 77.8 Å². The molecule has 2 aliphatic heterocycles. The van der Waals surface area contributed by atoms with Crippen molar-refractivity contribution in [2.24, 2.45) is 11.8 Å². The number of aliphatic hydroxyl groups excluding tert-OH is 1. The van der Waals surface area contributed by atoms with Gasteiger partial charge >= 0.3 is 11.9 Å². The van der Waals surface area contributed by atoms with Crippen LogP contribution in [-0.2, 0) is 20.7 Å². The van der Waals surface area contributed by atoms with Gasteiger partial charge in [-0.3, -0.25) is 9.59 Å². The molecule has 5 unspecified atom stereocenters. The lowest BCUT2D eigenvalue weighted by atomic mass is 9.94. The van der Waals surface area contributed by atoms with E-state index in [1.165, 1.54) is 23.2 Å². The van der Waals surface area contributed by atoms with Gasteiger partial charge in [0.15, 0.2) is 0 Å². The summed E-state index contributed by atoms with van der Waals surface area (Å²) in [5, 5.41) is 13.0. The molecule has 1 fully saturated rings. The van der Waals surface area contributed by atoms with Gasteiger partial charge in [-0.1, -0.05) is 50.6 Å². The number of carbonyl (C=O) groups excluding carboxylic acids is 3. The van der Waals surface area contributed by atoms with E-state index in [0.717, 1.165) is 5.57 Å². The van der Waals surface area contributed by atoms with Crippen LogP contribution in [0.5, 0.6) is 0 Å². The van der Waals surface area contributed by atoms with Gasteiger partial charge in [0, 0.05) is 31.8 Å². The molecule has 2 bridgehead atoms. The average molecular weight is 532 g/mol. The Bertz CT molecular complexity index is 1080. The Labute approximate surface area is 222 Å². The molecule has 2 amide bonds. The van der Waals surface area contributed by atoms with Crippen molar-refractivity contribution < 1.29 is 33.0 Å². The molecular formula is C28H38FN3O6. The Morgan fingerprint density at radius 2 is 2.00 bits per heavy atom. The van der Waals surface area contributed by atoms with Gasteiger partial charge in [-0.05, 0) is 31.8 Å². The summed E-state index contributed by atoms with van der Waals surface area (Å²) in [6.07, 6.45) is 7.21. The molecule has 0 radical (unpaired) electrons. The first-order chi connectivity index (χ1) is 18.0.